The summed E-state index contributed by atoms with van der Waals surface area (Å²) in [7, 11) is 0. The number of nitrogens with two attached hydrogens (primary N) is 1. The number of hydrogen-bond acceptors (Lipinski definition) is 4. The lowest BCUT2D eigenvalue weighted by Gasteiger charge is -2.12. The Bertz CT molecular complexity index is 589. The third-order valence-electron chi connectivity index (χ3n) is 3.27. The van der Waals surface area contributed by atoms with E-state index in [1.807, 2.05) is 24.4 Å². The van der Waals surface area contributed by atoms with Crippen LogP contribution >= 0.6 is 0 Å². The van der Waals surface area contributed by atoms with E-state index in [0.29, 0.717) is 6.54 Å². The molecule has 6 nitrogen and oxygen atoms in total. The molecule has 0 aromatic carbocycles. The zero-order valence-corrected chi connectivity index (χ0v) is 10.4. The van der Waals surface area contributed by atoms with Crippen molar-refractivity contribution in [3.63, 3.8) is 0 Å². The first-order chi connectivity index (χ1) is 9.19. The molecule has 2 aromatic rings. The summed E-state index contributed by atoms with van der Waals surface area (Å²) in [6.45, 7) is 0.404. The summed E-state index contributed by atoms with van der Waals surface area (Å²) < 4.78 is 1.68. The molecule has 0 bridgehead atoms. The average Bonchev–Trinajstić information content (AvgIpc) is 2.97. The summed E-state index contributed by atoms with van der Waals surface area (Å²) in [6, 6.07) is 5.58. The predicted octanol–water partition coefficient (Wildman–Crippen LogP) is 0.375. The Labute approximate surface area is 110 Å². The quantitative estimate of drug-likeness (QED) is 0.829. The van der Waals surface area contributed by atoms with Crippen LogP contribution in [0.25, 0.3) is 5.82 Å². The summed E-state index contributed by atoms with van der Waals surface area (Å²) in [5, 5.41) is 7.01. The van der Waals surface area contributed by atoms with Gasteiger partial charge in [-0.1, -0.05) is 6.07 Å². The molecule has 0 radical (unpaired) electrons. The first-order valence-electron chi connectivity index (χ1n) is 6.20. The van der Waals surface area contributed by atoms with Crippen LogP contribution in [-0.2, 0) is 11.3 Å². The maximum absolute atomic E-state index is 11.8. The standard InChI is InChI=1S/C13H15N5O/c14-13(4-5-13)12(19)16-9-10-3-1-6-15-11(10)18-8-2-7-17-18/h1-3,6-8H,4-5,9,14H2,(H,16,19). The average molecular weight is 257 g/mol. The molecule has 1 amide bonds. The van der Waals surface area contributed by atoms with Crippen molar-refractivity contribution >= 4 is 5.91 Å². The van der Waals surface area contributed by atoms with Crippen molar-refractivity contribution in [2.24, 2.45) is 5.73 Å². The molecule has 1 aliphatic carbocycles. The van der Waals surface area contributed by atoms with Crippen molar-refractivity contribution in [1.82, 2.24) is 20.1 Å². The van der Waals surface area contributed by atoms with Gasteiger partial charge in [-0.25, -0.2) is 9.67 Å². The van der Waals surface area contributed by atoms with Gasteiger partial charge in [0.15, 0.2) is 5.82 Å². The summed E-state index contributed by atoms with van der Waals surface area (Å²) in [5.74, 6) is 0.623. The van der Waals surface area contributed by atoms with E-state index in [-0.39, 0.29) is 5.91 Å². The Hall–Kier alpha value is -2.21. The van der Waals surface area contributed by atoms with E-state index in [2.05, 4.69) is 15.4 Å². The molecule has 19 heavy (non-hydrogen) atoms. The monoisotopic (exact) mass is 257 g/mol. The Kier molecular flexibility index (Phi) is 2.79. The van der Waals surface area contributed by atoms with Crippen LogP contribution in [0.4, 0.5) is 0 Å². The van der Waals surface area contributed by atoms with Crippen molar-refractivity contribution < 1.29 is 4.79 Å². The highest BCUT2D eigenvalue weighted by Gasteiger charge is 2.45. The van der Waals surface area contributed by atoms with Crippen molar-refractivity contribution in [3.05, 3.63) is 42.4 Å². The summed E-state index contributed by atoms with van der Waals surface area (Å²) >= 11 is 0. The minimum absolute atomic E-state index is 0.0947. The van der Waals surface area contributed by atoms with E-state index >= 15 is 0 Å². The number of pyridine rings is 1. The van der Waals surface area contributed by atoms with Gasteiger partial charge < -0.3 is 11.1 Å². The number of nitrogens with one attached hydrogen (secondary N) is 1. The normalized spacial score (nSPS) is 16.1. The Morgan fingerprint density at radius 3 is 2.95 bits per heavy atom. The minimum atomic E-state index is -0.645. The molecular weight excluding hydrogens is 242 g/mol. The van der Waals surface area contributed by atoms with E-state index in [1.54, 1.807) is 17.1 Å². The Morgan fingerprint density at radius 1 is 1.42 bits per heavy atom. The van der Waals surface area contributed by atoms with Crippen LogP contribution in [0.3, 0.4) is 0 Å². The lowest BCUT2D eigenvalue weighted by Crippen LogP contribution is -2.42. The van der Waals surface area contributed by atoms with Gasteiger partial charge in [0.2, 0.25) is 5.91 Å². The molecule has 1 saturated carbocycles. The van der Waals surface area contributed by atoms with Crippen molar-refractivity contribution in [2.75, 3.05) is 0 Å². The lowest BCUT2D eigenvalue weighted by atomic mass is 10.2. The fourth-order valence-electron chi connectivity index (χ4n) is 1.88. The van der Waals surface area contributed by atoms with Gasteiger partial charge in [-0.15, -0.1) is 0 Å². The zero-order chi connectivity index (χ0) is 13.3. The van der Waals surface area contributed by atoms with Crippen LogP contribution in [0.1, 0.15) is 18.4 Å². The van der Waals surface area contributed by atoms with Gasteiger partial charge in [-0.05, 0) is 25.0 Å². The van der Waals surface area contributed by atoms with Crippen LogP contribution in [-0.4, -0.2) is 26.2 Å². The molecule has 2 heterocycles. The molecule has 0 atom stereocenters. The van der Waals surface area contributed by atoms with Gasteiger partial charge in [-0.3, -0.25) is 4.79 Å². The molecule has 0 unspecified atom stereocenters. The highest BCUT2D eigenvalue weighted by molar-refractivity contribution is 5.88. The number of rotatable bonds is 4. The van der Waals surface area contributed by atoms with E-state index in [1.165, 1.54) is 0 Å². The van der Waals surface area contributed by atoms with E-state index < -0.39 is 5.54 Å². The van der Waals surface area contributed by atoms with Gasteiger partial charge in [0.05, 0.1) is 5.54 Å². The van der Waals surface area contributed by atoms with Gasteiger partial charge in [-0.2, -0.15) is 5.10 Å². The fraction of sp³-hybridized carbons (Fsp3) is 0.308. The van der Waals surface area contributed by atoms with Crippen LogP contribution in [0, 0.1) is 0 Å². The molecule has 0 aliphatic heterocycles. The van der Waals surface area contributed by atoms with Gasteiger partial charge in [0.1, 0.15) is 0 Å². The maximum atomic E-state index is 11.8. The van der Waals surface area contributed by atoms with E-state index in [4.69, 9.17) is 5.73 Å². The van der Waals surface area contributed by atoms with Crippen LogP contribution in [0.5, 0.6) is 0 Å². The number of aromatic nitrogens is 3. The highest BCUT2D eigenvalue weighted by atomic mass is 16.2. The molecule has 3 rings (SSSR count). The second-order valence-corrected chi connectivity index (χ2v) is 4.78. The number of carbonyl (C=O) groups excluding carboxylic acids is 1. The van der Waals surface area contributed by atoms with Crippen LogP contribution in [0.15, 0.2) is 36.8 Å². The molecular formula is C13H15N5O. The van der Waals surface area contributed by atoms with Crippen LogP contribution in [0.2, 0.25) is 0 Å². The number of nitrogens with zero attached hydrogens (tertiary/aromatic N) is 3. The third kappa shape index (κ3) is 2.34. The Balaban J connectivity index is 1.76. The molecule has 0 spiro atoms. The number of amides is 1. The second-order valence-electron chi connectivity index (χ2n) is 4.78. The number of carbonyl (C=O) groups is 1. The van der Waals surface area contributed by atoms with Crippen molar-refractivity contribution in [2.45, 2.75) is 24.9 Å². The SMILES string of the molecule is NC1(C(=O)NCc2cccnc2-n2cccn2)CC1. The smallest absolute Gasteiger partial charge is 0.240 e. The number of hydrogen-bond donors (Lipinski definition) is 2. The van der Waals surface area contributed by atoms with Crippen LogP contribution < -0.4 is 11.1 Å². The first-order valence-corrected chi connectivity index (χ1v) is 6.20. The second kappa shape index (κ2) is 4.47. The van der Waals surface area contributed by atoms with Crippen molar-refractivity contribution in [1.29, 1.82) is 0 Å². The Morgan fingerprint density at radius 2 is 2.26 bits per heavy atom. The largest absolute Gasteiger partial charge is 0.350 e. The lowest BCUT2D eigenvalue weighted by molar-refractivity contribution is -0.123. The van der Waals surface area contributed by atoms with Gasteiger partial charge in [0, 0.05) is 30.7 Å². The van der Waals surface area contributed by atoms with Gasteiger partial charge >= 0.3 is 0 Å². The molecule has 1 fully saturated rings. The molecule has 1 aliphatic rings. The maximum Gasteiger partial charge on any atom is 0.240 e. The summed E-state index contributed by atoms with van der Waals surface area (Å²) in [5.41, 5.74) is 6.10. The minimum Gasteiger partial charge on any atom is -0.350 e. The molecule has 0 saturated heterocycles. The first kappa shape index (κ1) is 11.9. The highest BCUT2D eigenvalue weighted by Crippen LogP contribution is 2.32. The summed E-state index contributed by atoms with van der Waals surface area (Å²) in [6.07, 6.45) is 6.73. The molecule has 6 heteroatoms. The predicted molar refractivity (Wildman–Crippen MR) is 69.4 cm³/mol. The molecule has 3 N–H and O–H groups in total. The van der Waals surface area contributed by atoms with E-state index in [9.17, 15) is 4.79 Å². The van der Waals surface area contributed by atoms with E-state index in [0.717, 1.165) is 24.2 Å². The van der Waals surface area contributed by atoms with Gasteiger partial charge in [0.25, 0.3) is 0 Å². The third-order valence-corrected chi connectivity index (χ3v) is 3.27. The summed E-state index contributed by atoms with van der Waals surface area (Å²) in [4.78, 5) is 16.1. The van der Waals surface area contributed by atoms with Crippen molar-refractivity contribution in [3.8, 4) is 5.82 Å². The molecule has 98 valence electrons. The fourth-order valence-corrected chi connectivity index (χ4v) is 1.88. The zero-order valence-electron chi connectivity index (χ0n) is 10.4. The topological polar surface area (TPSA) is 85.8 Å². The molecule has 2 aromatic heterocycles.